The van der Waals surface area contributed by atoms with E-state index in [-0.39, 0.29) is 19.0 Å². The van der Waals surface area contributed by atoms with Gasteiger partial charge in [-0.3, -0.25) is 4.79 Å². The zero-order valence-electron chi connectivity index (χ0n) is 11.6. The summed E-state index contributed by atoms with van der Waals surface area (Å²) < 4.78 is 0. The Morgan fingerprint density at radius 1 is 1.24 bits per heavy atom. The number of hydrogen-bond donors (Lipinski definition) is 3. The number of carboxylic acid groups (broad SMARTS) is 1. The molecule has 0 aromatic heterocycles. The number of aliphatic hydroxyl groups is 2. The van der Waals surface area contributed by atoms with Crippen LogP contribution in [-0.2, 0) is 4.79 Å². The summed E-state index contributed by atoms with van der Waals surface area (Å²) in [6, 6.07) is 5.06. The van der Waals surface area contributed by atoms with E-state index in [4.69, 9.17) is 5.11 Å². The van der Waals surface area contributed by atoms with Crippen LogP contribution >= 0.6 is 0 Å². The van der Waals surface area contributed by atoms with Gasteiger partial charge in [-0.15, -0.1) is 0 Å². The first kappa shape index (κ1) is 15.2. The molecule has 21 heavy (non-hydrogen) atoms. The first-order valence-electron chi connectivity index (χ1n) is 6.55. The maximum atomic E-state index is 12.4. The van der Waals surface area contributed by atoms with Gasteiger partial charge >= 0.3 is 5.97 Å². The lowest BCUT2D eigenvalue weighted by Gasteiger charge is -2.17. The molecule has 1 fully saturated rings. The van der Waals surface area contributed by atoms with Crippen LogP contribution in [0.3, 0.4) is 0 Å². The van der Waals surface area contributed by atoms with Crippen molar-refractivity contribution in [3.05, 3.63) is 41.0 Å². The Bertz CT molecular complexity index is 586. The van der Waals surface area contributed by atoms with Crippen LogP contribution in [0.5, 0.6) is 0 Å². The minimum atomic E-state index is -1.06. The molecule has 1 amide bonds. The van der Waals surface area contributed by atoms with E-state index < -0.39 is 18.2 Å². The van der Waals surface area contributed by atoms with E-state index in [1.807, 2.05) is 0 Å². The first-order chi connectivity index (χ1) is 9.88. The number of aliphatic carboxylic acids is 1. The molecule has 0 aliphatic carbocycles. The number of nitrogens with zero attached hydrogens (tertiary/aromatic N) is 1. The van der Waals surface area contributed by atoms with Crippen LogP contribution in [0.1, 0.15) is 21.5 Å². The van der Waals surface area contributed by atoms with Gasteiger partial charge in [-0.1, -0.05) is 12.1 Å². The van der Waals surface area contributed by atoms with Gasteiger partial charge in [0.05, 0.1) is 12.2 Å². The maximum absolute atomic E-state index is 12.4. The monoisotopic (exact) mass is 291 g/mol. The smallest absolute Gasteiger partial charge is 0.328 e. The molecule has 1 aromatic carbocycles. The van der Waals surface area contributed by atoms with Crippen molar-refractivity contribution >= 4 is 18.0 Å². The fraction of sp³-hybridized carbons (Fsp3) is 0.333. The standard InChI is InChI=1S/C15H17NO5/c1-9-2-3-10(4-5-14(19)20)6-11(9)15(21)16-7-12(17)13(18)8-16/h2-6,12-13,17-18H,7-8H2,1H3,(H,19,20)/b5-4+. The molecule has 1 aliphatic rings. The van der Waals surface area contributed by atoms with Crippen molar-refractivity contribution in [2.75, 3.05) is 13.1 Å². The predicted octanol–water partition coefficient (Wildman–Crippen LogP) is 0.270. The summed E-state index contributed by atoms with van der Waals surface area (Å²) in [5, 5.41) is 27.6. The number of hydrogen-bond acceptors (Lipinski definition) is 4. The van der Waals surface area contributed by atoms with Crippen LogP contribution in [0.25, 0.3) is 6.08 Å². The molecule has 6 nitrogen and oxygen atoms in total. The van der Waals surface area contributed by atoms with E-state index in [2.05, 4.69) is 0 Å². The van der Waals surface area contributed by atoms with Gasteiger partial charge in [-0.25, -0.2) is 4.79 Å². The average Bonchev–Trinajstić information content (AvgIpc) is 2.77. The third kappa shape index (κ3) is 3.48. The number of rotatable bonds is 3. The highest BCUT2D eigenvalue weighted by Crippen LogP contribution is 2.18. The number of carbonyl (C=O) groups is 2. The van der Waals surface area contributed by atoms with Crippen LogP contribution in [0, 0.1) is 6.92 Å². The molecule has 0 radical (unpaired) electrons. The van der Waals surface area contributed by atoms with Crippen molar-refractivity contribution in [1.82, 2.24) is 4.90 Å². The van der Waals surface area contributed by atoms with Crippen molar-refractivity contribution < 1.29 is 24.9 Å². The van der Waals surface area contributed by atoms with Crippen LogP contribution in [0.4, 0.5) is 0 Å². The fourth-order valence-electron chi connectivity index (χ4n) is 2.25. The molecule has 6 heteroatoms. The number of likely N-dealkylation sites (tertiary alicyclic amines) is 1. The van der Waals surface area contributed by atoms with E-state index in [9.17, 15) is 19.8 Å². The minimum Gasteiger partial charge on any atom is -0.478 e. The maximum Gasteiger partial charge on any atom is 0.328 e. The summed E-state index contributed by atoms with van der Waals surface area (Å²) in [4.78, 5) is 24.3. The van der Waals surface area contributed by atoms with Gasteiger partial charge in [0.15, 0.2) is 0 Å². The minimum absolute atomic E-state index is 0.0919. The molecule has 0 bridgehead atoms. The summed E-state index contributed by atoms with van der Waals surface area (Å²) in [6.07, 6.45) is 0.558. The second-order valence-electron chi connectivity index (χ2n) is 5.09. The quantitative estimate of drug-likeness (QED) is 0.694. The van der Waals surface area contributed by atoms with Gasteiger partial charge in [0.1, 0.15) is 0 Å². The number of benzene rings is 1. The summed E-state index contributed by atoms with van der Waals surface area (Å²) in [6.45, 7) is 1.96. The molecule has 0 spiro atoms. The highest BCUT2D eigenvalue weighted by Gasteiger charge is 2.33. The highest BCUT2D eigenvalue weighted by molar-refractivity contribution is 5.96. The summed E-state index contributed by atoms with van der Waals surface area (Å²) >= 11 is 0. The summed E-state index contributed by atoms with van der Waals surface area (Å²) in [5.41, 5.74) is 1.79. The Balaban J connectivity index is 2.24. The van der Waals surface area contributed by atoms with Crippen LogP contribution < -0.4 is 0 Å². The largest absolute Gasteiger partial charge is 0.478 e. The number of β-amino-alcohol motifs (C(OH)–C–C–N with tert-alkyl or cyclic N) is 2. The van der Waals surface area contributed by atoms with E-state index in [0.717, 1.165) is 11.6 Å². The normalized spacial score (nSPS) is 22.0. The predicted molar refractivity (Wildman–Crippen MR) is 75.8 cm³/mol. The van der Waals surface area contributed by atoms with Crippen molar-refractivity contribution in [3.63, 3.8) is 0 Å². The molecule has 1 heterocycles. The molecule has 112 valence electrons. The molecule has 2 unspecified atom stereocenters. The Hall–Kier alpha value is -2.18. The number of carbonyl (C=O) groups excluding carboxylic acids is 1. The Morgan fingerprint density at radius 2 is 1.86 bits per heavy atom. The number of carboxylic acids is 1. The second-order valence-corrected chi connectivity index (χ2v) is 5.09. The summed E-state index contributed by atoms with van der Waals surface area (Å²) in [5.74, 6) is -1.34. The third-order valence-corrected chi connectivity index (χ3v) is 3.46. The third-order valence-electron chi connectivity index (χ3n) is 3.46. The Labute approximate surface area is 121 Å². The molecule has 1 saturated heterocycles. The lowest BCUT2D eigenvalue weighted by atomic mass is 10.0. The van der Waals surface area contributed by atoms with Crippen LogP contribution in [0.2, 0.25) is 0 Å². The van der Waals surface area contributed by atoms with Gasteiger partial charge in [-0.2, -0.15) is 0 Å². The molecule has 0 saturated carbocycles. The SMILES string of the molecule is Cc1ccc(/C=C/C(=O)O)cc1C(=O)N1CC(O)C(O)C1. The number of aliphatic hydroxyl groups excluding tert-OH is 2. The number of aryl methyl sites for hydroxylation is 1. The van der Waals surface area contributed by atoms with Gasteiger partial charge in [0.25, 0.3) is 5.91 Å². The second kappa shape index (κ2) is 6.07. The lowest BCUT2D eigenvalue weighted by molar-refractivity contribution is -0.131. The van der Waals surface area contributed by atoms with Gasteiger partial charge in [-0.05, 0) is 30.2 Å². The molecule has 1 aromatic rings. The fourth-order valence-corrected chi connectivity index (χ4v) is 2.25. The Kier molecular flexibility index (Phi) is 4.40. The van der Waals surface area contributed by atoms with E-state index in [0.29, 0.717) is 11.1 Å². The van der Waals surface area contributed by atoms with E-state index in [1.54, 1.807) is 25.1 Å². The zero-order valence-corrected chi connectivity index (χ0v) is 11.6. The van der Waals surface area contributed by atoms with Crippen molar-refractivity contribution in [2.45, 2.75) is 19.1 Å². The van der Waals surface area contributed by atoms with Gasteiger partial charge < -0.3 is 20.2 Å². The zero-order chi connectivity index (χ0) is 15.6. The highest BCUT2D eigenvalue weighted by atomic mass is 16.4. The van der Waals surface area contributed by atoms with Gasteiger partial charge in [0.2, 0.25) is 0 Å². The average molecular weight is 291 g/mol. The summed E-state index contributed by atoms with van der Waals surface area (Å²) in [7, 11) is 0. The molecule has 1 aliphatic heterocycles. The first-order valence-corrected chi connectivity index (χ1v) is 6.55. The van der Waals surface area contributed by atoms with Crippen LogP contribution in [0.15, 0.2) is 24.3 Å². The van der Waals surface area contributed by atoms with E-state index in [1.165, 1.54) is 11.0 Å². The van der Waals surface area contributed by atoms with Crippen LogP contribution in [-0.4, -0.2) is 57.4 Å². The van der Waals surface area contributed by atoms with E-state index >= 15 is 0 Å². The molecule has 2 atom stereocenters. The molecule has 2 rings (SSSR count). The van der Waals surface area contributed by atoms with Crippen molar-refractivity contribution in [2.24, 2.45) is 0 Å². The molecule has 3 N–H and O–H groups in total. The van der Waals surface area contributed by atoms with Crippen molar-refractivity contribution in [3.8, 4) is 0 Å². The molecular weight excluding hydrogens is 274 g/mol. The lowest BCUT2D eigenvalue weighted by Crippen LogP contribution is -2.30. The topological polar surface area (TPSA) is 98.1 Å². The number of amides is 1. The van der Waals surface area contributed by atoms with Crippen molar-refractivity contribution in [1.29, 1.82) is 0 Å². The Morgan fingerprint density at radius 3 is 2.43 bits per heavy atom. The van der Waals surface area contributed by atoms with Gasteiger partial charge in [0, 0.05) is 24.7 Å². The molecular formula is C15H17NO5.